The molecule has 0 aliphatic heterocycles. The summed E-state index contributed by atoms with van der Waals surface area (Å²) in [5.41, 5.74) is -0.661. The molecule has 0 rings (SSSR count). The number of rotatable bonds is 4. The molecule has 0 aliphatic carbocycles. The van der Waals surface area contributed by atoms with Crippen molar-refractivity contribution in [1.29, 1.82) is 0 Å². The van der Waals surface area contributed by atoms with Gasteiger partial charge in [-0.2, -0.15) is 4.81 Å². The monoisotopic (exact) mass is 190 g/mol. The molecule has 76 valence electrons. The third kappa shape index (κ3) is 5.62. The molecule has 0 radical (unpaired) electrons. The zero-order chi connectivity index (χ0) is 10.5. The highest BCUT2D eigenvalue weighted by atomic mass is 17.2. The van der Waals surface area contributed by atoms with E-state index in [0.717, 1.165) is 0 Å². The molecule has 0 bridgehead atoms. The van der Waals surface area contributed by atoms with Gasteiger partial charge in [0.1, 0.15) is 0 Å². The molecule has 0 saturated heterocycles. The first kappa shape index (κ1) is 12.4. The minimum Gasteiger partial charge on any atom is -0.400 e. The van der Waals surface area contributed by atoms with Gasteiger partial charge in [-0.1, -0.05) is 0 Å². The van der Waals surface area contributed by atoms with Gasteiger partial charge < -0.3 is 14.6 Å². The van der Waals surface area contributed by atoms with Crippen LogP contribution in [0.15, 0.2) is 0 Å². The van der Waals surface area contributed by atoms with Crippen molar-refractivity contribution in [2.24, 2.45) is 5.41 Å². The van der Waals surface area contributed by atoms with Crippen LogP contribution in [0.4, 0.5) is 0 Å². The first-order valence-corrected chi connectivity index (χ1v) is 4.05. The maximum absolute atomic E-state index is 11.1. The van der Waals surface area contributed by atoms with Crippen molar-refractivity contribution >= 4 is 13.3 Å². The van der Waals surface area contributed by atoms with Gasteiger partial charge in [-0.25, -0.2) is 4.79 Å². The first-order chi connectivity index (χ1) is 5.88. The van der Waals surface area contributed by atoms with Crippen molar-refractivity contribution < 1.29 is 24.2 Å². The van der Waals surface area contributed by atoms with E-state index in [0.29, 0.717) is 0 Å². The Morgan fingerprint density at radius 3 is 2.38 bits per heavy atom. The highest BCUT2D eigenvalue weighted by molar-refractivity contribution is 6.34. The average Bonchev–Trinajstić information content (AvgIpc) is 1.99. The summed E-state index contributed by atoms with van der Waals surface area (Å²) in [6, 6.07) is 0. The molecule has 5 nitrogen and oxygen atoms in total. The van der Waals surface area contributed by atoms with E-state index < -0.39 is 18.7 Å². The van der Waals surface area contributed by atoms with Crippen molar-refractivity contribution in [2.45, 2.75) is 27.7 Å². The van der Waals surface area contributed by atoms with E-state index in [1.807, 2.05) is 0 Å². The second kappa shape index (κ2) is 5.21. The summed E-state index contributed by atoms with van der Waals surface area (Å²) in [4.78, 5) is 19.6. The van der Waals surface area contributed by atoms with Gasteiger partial charge in [0.2, 0.25) is 0 Å². The van der Waals surface area contributed by atoms with Crippen molar-refractivity contribution in [3.05, 3.63) is 0 Å². The van der Waals surface area contributed by atoms with Crippen LogP contribution in [-0.4, -0.2) is 24.9 Å². The van der Waals surface area contributed by atoms with E-state index in [4.69, 9.17) is 5.02 Å². The molecule has 0 amide bonds. The molecular formula is C7H15BO5. The molecule has 0 saturated carbocycles. The van der Waals surface area contributed by atoms with Crippen molar-refractivity contribution in [3.8, 4) is 0 Å². The summed E-state index contributed by atoms with van der Waals surface area (Å²) < 4.78 is 4.56. The van der Waals surface area contributed by atoms with E-state index in [1.165, 1.54) is 0 Å². The van der Waals surface area contributed by atoms with Gasteiger partial charge in [-0.3, -0.25) is 0 Å². The van der Waals surface area contributed by atoms with Crippen LogP contribution in [0.5, 0.6) is 0 Å². The molecule has 0 aromatic heterocycles. The third-order valence-electron chi connectivity index (χ3n) is 1.13. The largest absolute Gasteiger partial charge is 0.675 e. The number of hydrogen-bond donors (Lipinski definition) is 1. The van der Waals surface area contributed by atoms with Crippen LogP contribution < -0.4 is 0 Å². The topological polar surface area (TPSA) is 65.0 Å². The molecule has 6 heteroatoms. The summed E-state index contributed by atoms with van der Waals surface area (Å²) in [7, 11) is -1.52. The second-order valence-corrected chi connectivity index (χ2v) is 3.48. The van der Waals surface area contributed by atoms with Crippen LogP contribution in [-0.2, 0) is 19.1 Å². The van der Waals surface area contributed by atoms with E-state index in [-0.39, 0.29) is 6.61 Å². The lowest BCUT2D eigenvalue weighted by molar-refractivity contribution is -0.240. The normalized spacial score (nSPS) is 11.2. The van der Waals surface area contributed by atoms with E-state index in [1.54, 1.807) is 27.7 Å². The zero-order valence-corrected chi connectivity index (χ0v) is 8.36. The summed E-state index contributed by atoms with van der Waals surface area (Å²) in [5.74, 6) is -0.564. The van der Waals surface area contributed by atoms with Gasteiger partial charge in [-0.05, 0) is 27.7 Å². The van der Waals surface area contributed by atoms with Gasteiger partial charge in [0.05, 0.1) is 5.41 Å². The molecule has 0 aliphatic rings. The number of hydrogen-bond acceptors (Lipinski definition) is 5. The highest BCUT2D eigenvalue weighted by Gasteiger charge is 2.27. The van der Waals surface area contributed by atoms with Crippen LogP contribution in [0.3, 0.4) is 0 Å². The fourth-order valence-electron chi connectivity index (χ4n) is 0.380. The van der Waals surface area contributed by atoms with Crippen LogP contribution in [0.2, 0.25) is 0 Å². The minimum atomic E-state index is -1.52. The van der Waals surface area contributed by atoms with Crippen molar-refractivity contribution in [1.82, 2.24) is 0 Å². The summed E-state index contributed by atoms with van der Waals surface area (Å²) >= 11 is 0. The predicted molar refractivity (Wildman–Crippen MR) is 46.2 cm³/mol. The minimum absolute atomic E-state index is 0.272. The standard InChI is InChI=1S/C7H15BO5/c1-5-11-8(10)13-12-6(9)7(2,3)4/h10H,5H2,1-4H3. The highest BCUT2D eigenvalue weighted by Crippen LogP contribution is 2.15. The quantitative estimate of drug-likeness (QED) is 0.397. The molecule has 0 fully saturated rings. The Hall–Kier alpha value is -0.585. The number of carbonyl (C=O) groups is 1. The Labute approximate surface area is 78.1 Å². The Bertz CT molecular complexity index is 165. The van der Waals surface area contributed by atoms with E-state index >= 15 is 0 Å². The fourth-order valence-corrected chi connectivity index (χ4v) is 0.380. The van der Waals surface area contributed by atoms with Gasteiger partial charge in [0, 0.05) is 6.61 Å². The van der Waals surface area contributed by atoms with Gasteiger partial charge in [0.15, 0.2) is 0 Å². The Kier molecular flexibility index (Phi) is 4.98. The lowest BCUT2D eigenvalue weighted by atomic mass is 9.98. The molecular weight excluding hydrogens is 175 g/mol. The first-order valence-electron chi connectivity index (χ1n) is 4.05. The molecule has 0 unspecified atom stereocenters. The lowest BCUT2D eigenvalue weighted by Crippen LogP contribution is -2.29. The zero-order valence-electron chi connectivity index (χ0n) is 8.36. The smallest absolute Gasteiger partial charge is 0.400 e. The average molecular weight is 190 g/mol. The Balaban J connectivity index is 3.71. The molecule has 0 heterocycles. The molecule has 0 atom stereocenters. The predicted octanol–water partition coefficient (Wildman–Crippen LogP) is 0.521. The van der Waals surface area contributed by atoms with Crippen molar-refractivity contribution in [2.75, 3.05) is 6.61 Å². The fraction of sp³-hybridized carbons (Fsp3) is 0.857. The van der Waals surface area contributed by atoms with Crippen LogP contribution in [0, 0.1) is 5.41 Å². The number of carbonyl (C=O) groups excluding carboxylic acids is 1. The second-order valence-electron chi connectivity index (χ2n) is 3.48. The lowest BCUT2D eigenvalue weighted by Gasteiger charge is -2.15. The van der Waals surface area contributed by atoms with Gasteiger partial charge in [0.25, 0.3) is 0 Å². The molecule has 13 heavy (non-hydrogen) atoms. The summed E-state index contributed by atoms with van der Waals surface area (Å²) in [6.45, 7) is 6.97. The molecule has 0 aromatic carbocycles. The van der Waals surface area contributed by atoms with Gasteiger partial charge >= 0.3 is 13.3 Å². The Morgan fingerprint density at radius 1 is 1.46 bits per heavy atom. The molecule has 1 N–H and O–H groups in total. The third-order valence-corrected chi connectivity index (χ3v) is 1.13. The van der Waals surface area contributed by atoms with Gasteiger partial charge in [-0.15, -0.1) is 0 Å². The molecule has 0 spiro atoms. The van der Waals surface area contributed by atoms with Crippen LogP contribution in [0.25, 0.3) is 0 Å². The maximum atomic E-state index is 11.1. The summed E-state index contributed by atoms with van der Waals surface area (Å²) in [6.07, 6.45) is 0. The van der Waals surface area contributed by atoms with E-state index in [9.17, 15) is 4.79 Å². The van der Waals surface area contributed by atoms with Crippen LogP contribution in [0.1, 0.15) is 27.7 Å². The Morgan fingerprint density at radius 2 is 2.00 bits per heavy atom. The SMILES string of the molecule is CCOB(O)OOC(=O)C(C)(C)C. The van der Waals surface area contributed by atoms with Crippen molar-refractivity contribution in [3.63, 3.8) is 0 Å². The maximum Gasteiger partial charge on any atom is 0.675 e. The molecule has 0 aromatic rings. The summed E-state index contributed by atoms with van der Waals surface area (Å²) in [5, 5.41) is 8.84. The van der Waals surface area contributed by atoms with E-state index in [2.05, 4.69) is 14.3 Å². The van der Waals surface area contributed by atoms with Crippen LogP contribution >= 0.6 is 0 Å².